The van der Waals surface area contributed by atoms with E-state index in [9.17, 15) is 18.0 Å². The zero-order valence-corrected chi connectivity index (χ0v) is 21.1. The fourth-order valence-corrected chi connectivity index (χ4v) is 4.10. The van der Waals surface area contributed by atoms with Crippen molar-refractivity contribution < 1.29 is 27.4 Å². The third-order valence-electron chi connectivity index (χ3n) is 5.14. The molecule has 5 nitrogen and oxygen atoms in total. The molecular formula is C25H26ClF3N2O3S. The first kappa shape index (κ1) is 26.9. The lowest BCUT2D eigenvalue weighted by atomic mass is 9.98. The summed E-state index contributed by atoms with van der Waals surface area (Å²) in [4.78, 5) is 17.9. The zero-order chi connectivity index (χ0) is 25.8. The first-order chi connectivity index (χ1) is 16.4. The Labute approximate surface area is 212 Å². The molecule has 0 saturated carbocycles. The van der Waals surface area contributed by atoms with Crippen LogP contribution in [0.2, 0.25) is 5.02 Å². The zero-order valence-electron chi connectivity index (χ0n) is 19.6. The van der Waals surface area contributed by atoms with Crippen LogP contribution in [0, 0.1) is 0 Å². The van der Waals surface area contributed by atoms with Gasteiger partial charge in [-0.15, -0.1) is 0 Å². The lowest BCUT2D eigenvalue weighted by Gasteiger charge is -2.34. The molecule has 1 heterocycles. The molecule has 35 heavy (non-hydrogen) atoms. The second-order valence-electron chi connectivity index (χ2n) is 9.09. The Morgan fingerprint density at radius 2 is 1.89 bits per heavy atom. The van der Waals surface area contributed by atoms with Gasteiger partial charge in [0.2, 0.25) is 0 Å². The summed E-state index contributed by atoms with van der Waals surface area (Å²) in [5.74, 6) is 0.483. The number of piperidine rings is 1. The summed E-state index contributed by atoms with van der Waals surface area (Å²) in [6, 6.07) is 8.54. The molecular weight excluding hydrogens is 501 g/mol. The van der Waals surface area contributed by atoms with Crippen LogP contribution < -0.4 is 4.74 Å². The van der Waals surface area contributed by atoms with Crippen LogP contribution in [0.3, 0.4) is 0 Å². The molecule has 1 amide bonds. The van der Waals surface area contributed by atoms with Gasteiger partial charge in [-0.2, -0.15) is 13.2 Å². The summed E-state index contributed by atoms with van der Waals surface area (Å²) in [7, 11) is 0. The van der Waals surface area contributed by atoms with Crippen LogP contribution in [0.4, 0.5) is 23.7 Å². The Bertz CT molecular complexity index is 1100. The summed E-state index contributed by atoms with van der Waals surface area (Å²) < 4.78 is 52.9. The summed E-state index contributed by atoms with van der Waals surface area (Å²) in [5, 5.41) is 1.12. The number of nitrogens with zero attached hydrogens (tertiary/aromatic N) is 2. The number of benzene rings is 2. The van der Waals surface area contributed by atoms with Crippen molar-refractivity contribution in [2.24, 2.45) is 4.99 Å². The van der Waals surface area contributed by atoms with Gasteiger partial charge in [0, 0.05) is 23.7 Å². The molecule has 0 aliphatic carbocycles. The van der Waals surface area contributed by atoms with E-state index in [2.05, 4.69) is 17.2 Å². The Balaban J connectivity index is 1.79. The van der Waals surface area contributed by atoms with Gasteiger partial charge in [0.15, 0.2) is 0 Å². The first-order valence-corrected chi connectivity index (χ1v) is 11.9. The quantitative estimate of drug-likeness (QED) is 0.299. The van der Waals surface area contributed by atoms with Gasteiger partial charge >= 0.3 is 12.3 Å². The second kappa shape index (κ2) is 11.0. The van der Waals surface area contributed by atoms with Crippen molar-refractivity contribution in [3.8, 4) is 16.9 Å². The number of alkyl halides is 3. The minimum atomic E-state index is -4.63. The highest BCUT2D eigenvalue weighted by Gasteiger charge is 2.35. The Morgan fingerprint density at radius 1 is 1.20 bits per heavy atom. The van der Waals surface area contributed by atoms with E-state index < -0.39 is 23.4 Å². The number of hydrogen-bond acceptors (Lipinski definition) is 5. The summed E-state index contributed by atoms with van der Waals surface area (Å²) in [6.45, 7) is 6.37. The van der Waals surface area contributed by atoms with Crippen LogP contribution in [-0.4, -0.2) is 47.4 Å². The molecule has 0 radical (unpaired) electrons. The summed E-state index contributed by atoms with van der Waals surface area (Å²) >= 11 is 10.9. The first-order valence-electron chi connectivity index (χ1n) is 11.0. The highest BCUT2D eigenvalue weighted by Crippen LogP contribution is 2.43. The van der Waals surface area contributed by atoms with Crippen LogP contribution in [-0.2, 0) is 10.9 Å². The van der Waals surface area contributed by atoms with Gasteiger partial charge in [-0.25, -0.2) is 4.79 Å². The van der Waals surface area contributed by atoms with E-state index >= 15 is 0 Å². The molecule has 1 atom stereocenters. The van der Waals surface area contributed by atoms with Gasteiger partial charge in [-0.3, -0.25) is 4.99 Å². The molecule has 0 spiro atoms. The van der Waals surface area contributed by atoms with Crippen molar-refractivity contribution in [1.82, 2.24) is 4.90 Å². The van der Waals surface area contributed by atoms with Gasteiger partial charge in [-0.05, 0) is 63.4 Å². The minimum absolute atomic E-state index is 0.0546. The standard InChI is InChI=1S/C25H26ClF3N2O3S/c1-24(2,3)34-23(32)31-11-4-5-19(15-31)33-18-8-6-16(7-9-18)22-20(25(27,28)29)13-17(14-21(22)26)30-10-12-35/h6-10,12-14,19H,4-5,11,15H2,1-3H3. The maximum atomic E-state index is 13.8. The normalized spacial score (nSPS) is 16.9. The number of halogens is 4. The van der Waals surface area contributed by atoms with E-state index in [4.69, 9.17) is 21.1 Å². The lowest BCUT2D eigenvalue weighted by molar-refractivity contribution is -0.137. The SMILES string of the molecule is CC(C)(C)OC(=O)N1CCCC(Oc2ccc(-c3c(Cl)cc(N=CC=S)cc3C(F)(F)F)cc2)C1. The lowest BCUT2D eigenvalue weighted by Crippen LogP contribution is -2.46. The predicted octanol–water partition coefficient (Wildman–Crippen LogP) is 7.51. The minimum Gasteiger partial charge on any atom is -0.489 e. The second-order valence-corrected chi connectivity index (χ2v) is 9.77. The van der Waals surface area contributed by atoms with Gasteiger partial charge in [0.05, 0.1) is 22.8 Å². The van der Waals surface area contributed by atoms with E-state index in [1.165, 1.54) is 29.8 Å². The topological polar surface area (TPSA) is 51.1 Å². The third-order valence-corrected chi connectivity index (χ3v) is 5.56. The Morgan fingerprint density at radius 3 is 2.49 bits per heavy atom. The molecule has 2 aromatic rings. The van der Waals surface area contributed by atoms with Crippen molar-refractivity contribution in [2.45, 2.75) is 51.5 Å². The van der Waals surface area contributed by atoms with Gasteiger partial charge in [0.25, 0.3) is 0 Å². The third kappa shape index (κ3) is 7.41. The number of ether oxygens (including phenoxy) is 2. The number of rotatable bonds is 5. The predicted molar refractivity (Wildman–Crippen MR) is 135 cm³/mol. The maximum Gasteiger partial charge on any atom is 0.417 e. The van der Waals surface area contributed by atoms with Crippen molar-refractivity contribution in [2.75, 3.05) is 13.1 Å². The number of hydrogen-bond donors (Lipinski definition) is 0. The fraction of sp³-hybridized carbons (Fsp3) is 0.400. The van der Waals surface area contributed by atoms with Gasteiger partial charge in [0.1, 0.15) is 17.5 Å². The molecule has 1 unspecified atom stereocenters. The van der Waals surface area contributed by atoms with E-state index in [0.29, 0.717) is 24.4 Å². The molecule has 1 aliphatic rings. The maximum absolute atomic E-state index is 13.8. The van der Waals surface area contributed by atoms with Crippen LogP contribution in [0.1, 0.15) is 39.2 Å². The van der Waals surface area contributed by atoms with E-state index in [1.807, 2.05) is 0 Å². The Hall–Kier alpha value is -2.65. The number of carbonyl (C=O) groups is 1. The van der Waals surface area contributed by atoms with Crippen molar-refractivity contribution >= 4 is 47.2 Å². The van der Waals surface area contributed by atoms with Crippen LogP contribution in [0.5, 0.6) is 5.75 Å². The average molecular weight is 527 g/mol. The van der Waals surface area contributed by atoms with Crippen molar-refractivity contribution in [1.29, 1.82) is 0 Å². The number of likely N-dealkylation sites (tertiary alicyclic amines) is 1. The Kier molecular flexibility index (Phi) is 8.43. The molecule has 1 saturated heterocycles. The van der Waals surface area contributed by atoms with Crippen molar-refractivity contribution in [3.63, 3.8) is 0 Å². The molecule has 1 aliphatic heterocycles. The number of amides is 1. The van der Waals surface area contributed by atoms with Gasteiger partial charge in [-0.1, -0.05) is 36.0 Å². The molecule has 2 aromatic carbocycles. The van der Waals surface area contributed by atoms with Crippen LogP contribution >= 0.6 is 23.8 Å². The summed E-state index contributed by atoms with van der Waals surface area (Å²) in [5.41, 5.74) is -1.28. The molecule has 188 valence electrons. The van der Waals surface area contributed by atoms with E-state index in [0.717, 1.165) is 18.9 Å². The van der Waals surface area contributed by atoms with Crippen LogP contribution in [0.15, 0.2) is 41.4 Å². The number of carbonyl (C=O) groups excluding carboxylic acids is 1. The smallest absolute Gasteiger partial charge is 0.417 e. The molecule has 1 fully saturated rings. The van der Waals surface area contributed by atoms with Crippen LogP contribution in [0.25, 0.3) is 11.1 Å². The number of thiocarbonyl (C=S) groups is 1. The monoisotopic (exact) mass is 526 g/mol. The molecule has 0 bridgehead atoms. The highest BCUT2D eigenvalue weighted by molar-refractivity contribution is 7.80. The largest absolute Gasteiger partial charge is 0.489 e. The fourth-order valence-electron chi connectivity index (χ4n) is 3.72. The number of aliphatic imine (C=N–C) groups is 1. The molecule has 10 heteroatoms. The van der Waals surface area contributed by atoms with E-state index in [-0.39, 0.29) is 22.4 Å². The molecule has 3 rings (SSSR count). The summed E-state index contributed by atoms with van der Waals surface area (Å²) in [6.07, 6.45) is -2.56. The highest BCUT2D eigenvalue weighted by atomic mass is 35.5. The molecule has 0 aromatic heterocycles. The van der Waals surface area contributed by atoms with E-state index in [1.54, 1.807) is 37.8 Å². The average Bonchev–Trinajstić information content (AvgIpc) is 2.76. The molecule has 0 N–H and O–H groups in total. The van der Waals surface area contributed by atoms with Crippen molar-refractivity contribution in [3.05, 3.63) is 47.0 Å². The van der Waals surface area contributed by atoms with Gasteiger partial charge < -0.3 is 14.4 Å².